The van der Waals surface area contributed by atoms with E-state index < -0.39 is 0 Å². The molecule has 14 heavy (non-hydrogen) atoms. The second-order valence-corrected chi connectivity index (χ2v) is 3.64. The predicted molar refractivity (Wildman–Crippen MR) is 60.7 cm³/mol. The minimum absolute atomic E-state index is 0. The summed E-state index contributed by atoms with van der Waals surface area (Å²) in [5, 5.41) is 2.77. The Morgan fingerprint density at radius 2 is 1.93 bits per heavy atom. The molecule has 1 aromatic carbocycles. The Labute approximate surface area is 86.8 Å². The second-order valence-electron chi connectivity index (χ2n) is 3.64. The third kappa shape index (κ3) is 2.59. The maximum atomic E-state index is 11.4. The Morgan fingerprint density at radius 1 is 1.36 bits per heavy atom. The summed E-state index contributed by atoms with van der Waals surface area (Å²) in [6.07, 6.45) is 0. The second kappa shape index (κ2) is 4.80. The first-order valence-corrected chi connectivity index (χ1v) is 5.03. The molecule has 0 spiro atoms. The predicted octanol–water partition coefficient (Wildman–Crippen LogP) is 2.81. The van der Waals surface area contributed by atoms with Gasteiger partial charge in [-0.25, -0.2) is 0 Å². The van der Waals surface area contributed by atoms with Crippen LogP contribution in [-0.4, -0.2) is 12.5 Å². The quantitative estimate of drug-likeness (QED) is 0.785. The molecule has 1 rings (SSSR count). The van der Waals surface area contributed by atoms with Crippen LogP contribution in [0.15, 0.2) is 24.3 Å². The maximum Gasteiger partial charge on any atom is 0.251 e. The van der Waals surface area contributed by atoms with Gasteiger partial charge in [0.05, 0.1) is 0 Å². The van der Waals surface area contributed by atoms with Crippen molar-refractivity contribution < 1.29 is 6.22 Å². The molecule has 0 heterocycles. The Hall–Kier alpha value is -1.31. The minimum atomic E-state index is 0. The summed E-state index contributed by atoms with van der Waals surface area (Å²) in [4.78, 5) is 11.4. The average molecular weight is 193 g/mol. The summed E-state index contributed by atoms with van der Waals surface area (Å²) in [5.74, 6) is 0.515. The van der Waals surface area contributed by atoms with E-state index in [-0.39, 0.29) is 7.33 Å². The molecule has 2 nitrogen and oxygen atoms in total. The number of nitrogens with one attached hydrogen (secondary N) is 1. The average Bonchev–Trinajstić information content (AvgIpc) is 2.18. The lowest BCUT2D eigenvalue weighted by molar-refractivity contribution is 0.0956. The van der Waals surface area contributed by atoms with Crippen molar-refractivity contribution in [3.63, 3.8) is 0 Å². The van der Waals surface area contributed by atoms with E-state index in [1.807, 2.05) is 31.2 Å². The van der Waals surface area contributed by atoms with Gasteiger partial charge in [0.2, 0.25) is 0 Å². The van der Waals surface area contributed by atoms with Crippen molar-refractivity contribution in [3.05, 3.63) is 35.4 Å². The van der Waals surface area contributed by atoms with Gasteiger partial charge in [-0.15, -0.1) is 0 Å². The Balaban J connectivity index is 0.00000196. The summed E-state index contributed by atoms with van der Waals surface area (Å²) in [6, 6.07) is 7.77. The van der Waals surface area contributed by atoms with Crippen LogP contribution in [0.1, 0.15) is 44.0 Å². The van der Waals surface area contributed by atoms with Gasteiger partial charge in [0.15, 0.2) is 0 Å². The molecule has 1 amide bonds. The number of rotatable bonds is 3. The Bertz CT molecular complexity index is 306. The van der Waals surface area contributed by atoms with Crippen molar-refractivity contribution in [3.8, 4) is 0 Å². The molecule has 1 N–H and O–H groups in total. The number of hydrogen-bond acceptors (Lipinski definition) is 1. The molecule has 0 aliphatic carbocycles. The summed E-state index contributed by atoms with van der Waals surface area (Å²) < 4.78 is 0. The number of amides is 1. The molecule has 0 atom stereocenters. The Morgan fingerprint density at radius 3 is 2.36 bits per heavy atom. The fourth-order valence-electron chi connectivity index (χ4n) is 1.28. The van der Waals surface area contributed by atoms with E-state index in [0.29, 0.717) is 12.5 Å². The molecule has 1 aromatic rings. The summed E-state index contributed by atoms with van der Waals surface area (Å²) in [6.45, 7) is 6.87. The van der Waals surface area contributed by atoms with Crippen LogP contribution in [0.3, 0.4) is 0 Å². The molecule has 0 aliphatic heterocycles. The monoisotopic (exact) mass is 193 g/mol. The third-order valence-electron chi connectivity index (χ3n) is 2.18. The van der Waals surface area contributed by atoms with Gasteiger partial charge >= 0.3 is 0 Å². The lowest BCUT2D eigenvalue weighted by atomic mass is 10.0. The van der Waals surface area contributed by atoms with E-state index in [0.717, 1.165) is 5.56 Å². The largest absolute Gasteiger partial charge is 0.352 e. The SMILES string of the molecule is CCNC(=O)c1ccc(C(C)C)cc1.[HH]. The van der Waals surface area contributed by atoms with Gasteiger partial charge in [-0.1, -0.05) is 26.0 Å². The van der Waals surface area contributed by atoms with Gasteiger partial charge in [-0.3, -0.25) is 4.79 Å². The highest BCUT2D eigenvalue weighted by Gasteiger charge is 2.04. The lowest BCUT2D eigenvalue weighted by Crippen LogP contribution is -2.22. The molecule has 2 heteroatoms. The fraction of sp³-hybridized carbons (Fsp3) is 0.417. The first-order chi connectivity index (χ1) is 6.65. The molecule has 0 radical (unpaired) electrons. The molecule has 0 saturated carbocycles. The fourth-order valence-corrected chi connectivity index (χ4v) is 1.28. The van der Waals surface area contributed by atoms with Crippen LogP contribution < -0.4 is 5.32 Å². The molecular weight excluding hydrogens is 174 g/mol. The molecule has 0 unspecified atom stereocenters. The number of carbonyl (C=O) groups excluding carboxylic acids is 1. The summed E-state index contributed by atoms with van der Waals surface area (Å²) in [5.41, 5.74) is 1.99. The van der Waals surface area contributed by atoms with Gasteiger partial charge in [-0.05, 0) is 30.5 Å². The molecule has 0 saturated heterocycles. The summed E-state index contributed by atoms with van der Waals surface area (Å²) >= 11 is 0. The van der Waals surface area contributed by atoms with Gasteiger partial charge in [0.1, 0.15) is 0 Å². The van der Waals surface area contributed by atoms with Crippen molar-refractivity contribution in [1.29, 1.82) is 0 Å². The van der Waals surface area contributed by atoms with Gasteiger partial charge < -0.3 is 5.32 Å². The van der Waals surface area contributed by atoms with Gasteiger partial charge in [0.25, 0.3) is 5.91 Å². The lowest BCUT2D eigenvalue weighted by Gasteiger charge is -2.06. The highest BCUT2D eigenvalue weighted by molar-refractivity contribution is 5.94. The van der Waals surface area contributed by atoms with Crippen LogP contribution >= 0.6 is 0 Å². The van der Waals surface area contributed by atoms with E-state index >= 15 is 0 Å². The van der Waals surface area contributed by atoms with Crippen LogP contribution in [0.4, 0.5) is 0 Å². The number of hydrogen-bond donors (Lipinski definition) is 1. The van der Waals surface area contributed by atoms with E-state index in [4.69, 9.17) is 0 Å². The standard InChI is InChI=1S/C12H17NO.H2/c1-4-13-12(14)11-7-5-10(6-8-11)9(2)3;/h5-9H,4H2,1-3H3,(H,13,14);1H. The smallest absolute Gasteiger partial charge is 0.251 e. The molecule has 0 aliphatic rings. The van der Waals surface area contributed by atoms with E-state index in [1.165, 1.54) is 5.56 Å². The van der Waals surface area contributed by atoms with Crippen LogP contribution in [0.5, 0.6) is 0 Å². The van der Waals surface area contributed by atoms with Crippen LogP contribution in [0.25, 0.3) is 0 Å². The molecule has 0 bridgehead atoms. The first kappa shape index (κ1) is 10.8. The maximum absolute atomic E-state index is 11.4. The van der Waals surface area contributed by atoms with Crippen molar-refractivity contribution in [2.24, 2.45) is 0 Å². The molecule has 78 valence electrons. The number of benzene rings is 1. The van der Waals surface area contributed by atoms with E-state index in [2.05, 4.69) is 19.2 Å². The molecule has 0 fully saturated rings. The van der Waals surface area contributed by atoms with E-state index in [1.54, 1.807) is 0 Å². The third-order valence-corrected chi connectivity index (χ3v) is 2.18. The minimum Gasteiger partial charge on any atom is -0.352 e. The van der Waals surface area contributed by atoms with Crippen LogP contribution in [-0.2, 0) is 0 Å². The topological polar surface area (TPSA) is 29.1 Å². The normalized spacial score (nSPS) is 10.3. The zero-order chi connectivity index (χ0) is 10.6. The van der Waals surface area contributed by atoms with Crippen molar-refractivity contribution in [2.75, 3.05) is 6.54 Å². The van der Waals surface area contributed by atoms with E-state index in [9.17, 15) is 4.79 Å². The van der Waals surface area contributed by atoms with Crippen molar-refractivity contribution in [1.82, 2.24) is 5.32 Å². The van der Waals surface area contributed by atoms with Gasteiger partial charge in [-0.2, -0.15) is 0 Å². The zero-order valence-electron chi connectivity index (χ0n) is 9.00. The van der Waals surface area contributed by atoms with Crippen molar-refractivity contribution in [2.45, 2.75) is 26.7 Å². The highest BCUT2D eigenvalue weighted by Crippen LogP contribution is 2.14. The highest BCUT2D eigenvalue weighted by atomic mass is 16.1. The van der Waals surface area contributed by atoms with Gasteiger partial charge in [0, 0.05) is 13.5 Å². The van der Waals surface area contributed by atoms with Crippen molar-refractivity contribution >= 4 is 5.91 Å². The molecular formula is C12H19NO. The number of carbonyl (C=O) groups is 1. The van der Waals surface area contributed by atoms with Crippen LogP contribution in [0, 0.1) is 0 Å². The van der Waals surface area contributed by atoms with Crippen LogP contribution in [0.2, 0.25) is 0 Å². The summed E-state index contributed by atoms with van der Waals surface area (Å²) in [7, 11) is 0. The zero-order valence-corrected chi connectivity index (χ0v) is 9.00. The first-order valence-electron chi connectivity index (χ1n) is 5.03. The Kier molecular flexibility index (Phi) is 3.69. The molecule has 0 aromatic heterocycles.